The smallest absolute Gasteiger partial charge is 0.422 e. The van der Waals surface area contributed by atoms with Crippen LogP contribution in [0.25, 0.3) is 0 Å². The van der Waals surface area contributed by atoms with Crippen LogP contribution in [-0.2, 0) is 26.3 Å². The molecule has 1 aliphatic rings. The van der Waals surface area contributed by atoms with Gasteiger partial charge in [0.15, 0.2) is 18.1 Å². The normalized spacial score (nSPS) is 13.5. The van der Waals surface area contributed by atoms with Crippen LogP contribution in [0.5, 0.6) is 17.5 Å². The molecule has 0 bridgehead atoms. The Morgan fingerprint density at radius 3 is 2.21 bits per heavy atom. The number of rotatable bonds is 19. The number of anilines is 3. The van der Waals surface area contributed by atoms with Gasteiger partial charge in [-0.2, -0.15) is 28.1 Å². The van der Waals surface area contributed by atoms with Gasteiger partial charge < -0.3 is 40.6 Å². The van der Waals surface area contributed by atoms with Crippen molar-refractivity contribution in [1.82, 2.24) is 25.6 Å². The van der Waals surface area contributed by atoms with Gasteiger partial charge in [0, 0.05) is 29.2 Å². The molecule has 1 fully saturated rings. The van der Waals surface area contributed by atoms with Gasteiger partial charge in [-0.15, -0.1) is 0 Å². The number of aryl methyl sites for hydroxylation is 1. The fourth-order valence-electron chi connectivity index (χ4n) is 5.44. The zero-order valence-electron chi connectivity index (χ0n) is 30.0. The highest BCUT2D eigenvalue weighted by atomic mass is 35.5. The number of aliphatic carboxylic acids is 1. The van der Waals surface area contributed by atoms with Crippen molar-refractivity contribution in [3.05, 3.63) is 88.4 Å². The zero-order valence-corrected chi connectivity index (χ0v) is 30.8. The second-order valence-electron chi connectivity index (χ2n) is 12.6. The molecule has 0 radical (unpaired) electrons. The minimum atomic E-state index is -4.65. The van der Waals surface area contributed by atoms with Gasteiger partial charge >= 0.3 is 18.2 Å². The van der Waals surface area contributed by atoms with E-state index in [1.54, 1.807) is 30.3 Å². The molecule has 296 valence electrons. The Morgan fingerprint density at radius 1 is 0.911 bits per heavy atom. The van der Waals surface area contributed by atoms with Crippen molar-refractivity contribution in [2.75, 3.05) is 38.0 Å². The molecule has 19 heteroatoms. The molecule has 4 aromatic rings. The molecule has 5 N–H and O–H groups in total. The second kappa shape index (κ2) is 18.0. The number of hydrogen-bond donors (Lipinski definition) is 5. The van der Waals surface area contributed by atoms with Crippen molar-refractivity contribution in [1.29, 1.82) is 0 Å². The molecule has 1 saturated carbocycles. The number of hydrogen-bond acceptors (Lipinski definition) is 12. The van der Waals surface area contributed by atoms with Crippen LogP contribution in [0, 0.1) is 0 Å². The zero-order chi connectivity index (χ0) is 40.5. The maximum Gasteiger partial charge on any atom is 0.422 e. The molecule has 15 nitrogen and oxygen atoms in total. The number of carbonyl (C=O) groups excluding carboxylic acids is 3. The summed E-state index contributed by atoms with van der Waals surface area (Å²) < 4.78 is 54.1. The van der Waals surface area contributed by atoms with E-state index in [1.807, 2.05) is 12.1 Å². The van der Waals surface area contributed by atoms with E-state index < -0.39 is 53.9 Å². The van der Waals surface area contributed by atoms with Crippen molar-refractivity contribution >= 4 is 52.8 Å². The van der Waals surface area contributed by atoms with Crippen molar-refractivity contribution in [3.8, 4) is 17.5 Å². The number of carboxylic acid groups (broad SMARTS) is 1. The van der Waals surface area contributed by atoms with Crippen LogP contribution in [0.3, 0.4) is 0 Å². The molecule has 1 heterocycles. The third-order valence-electron chi connectivity index (χ3n) is 8.54. The topological polar surface area (TPSA) is 203 Å². The Kier molecular flexibility index (Phi) is 13.2. The first-order chi connectivity index (χ1) is 26.7. The van der Waals surface area contributed by atoms with Crippen LogP contribution in [0.1, 0.15) is 47.2 Å². The first kappa shape index (κ1) is 41.0. The number of nitrogens with one attached hydrogen (secondary N) is 4. The lowest BCUT2D eigenvalue weighted by Gasteiger charge is -2.19. The summed E-state index contributed by atoms with van der Waals surface area (Å²) in [4.78, 5) is 61.9. The number of alkyl halides is 3. The summed E-state index contributed by atoms with van der Waals surface area (Å²) in [5, 5.41) is 21.0. The summed E-state index contributed by atoms with van der Waals surface area (Å²) in [7, 11) is 2.97. The monoisotopic (exact) mass is 799 g/mol. The number of Topliss-reactive ketones (excluding diaryl/α,β-unsaturated/α-hetero) is 1. The number of carbonyl (C=O) groups is 4. The van der Waals surface area contributed by atoms with Crippen molar-refractivity contribution in [2.45, 2.75) is 49.9 Å². The Balaban J connectivity index is 1.16. The number of carboxylic acids is 1. The first-order valence-electron chi connectivity index (χ1n) is 17.1. The van der Waals surface area contributed by atoms with Gasteiger partial charge in [0.05, 0.1) is 19.8 Å². The molecule has 1 atom stereocenters. The van der Waals surface area contributed by atoms with Crippen LogP contribution >= 0.6 is 11.6 Å². The fraction of sp³-hybridized carbons (Fsp3) is 0.324. The van der Waals surface area contributed by atoms with E-state index >= 15 is 0 Å². The summed E-state index contributed by atoms with van der Waals surface area (Å²) in [5.74, 6) is -2.91. The van der Waals surface area contributed by atoms with Crippen LogP contribution < -0.4 is 35.5 Å². The summed E-state index contributed by atoms with van der Waals surface area (Å²) >= 11 is 6.02. The lowest BCUT2D eigenvalue weighted by Crippen LogP contribution is -2.43. The van der Waals surface area contributed by atoms with Crippen LogP contribution in [0.4, 0.5) is 30.8 Å². The van der Waals surface area contributed by atoms with Gasteiger partial charge in [-0.3, -0.25) is 14.4 Å². The number of ether oxygens (including phenoxy) is 3. The molecule has 1 aliphatic carbocycles. The first-order valence-corrected chi connectivity index (χ1v) is 17.5. The summed E-state index contributed by atoms with van der Waals surface area (Å²) in [6.07, 6.45) is -3.31. The number of ketones is 1. The van der Waals surface area contributed by atoms with Crippen LogP contribution in [0.15, 0.2) is 66.7 Å². The standard InChI is InChI=1S/C37H37ClF3N7O8/c1-54-28-14-4-21(19-29(28)55-2)3-13-27(49)31(51)42-18-15-26(32(52)53)44-30(50)22-5-11-25(12-6-22)43-33-45-34(47-35(46-33)56-20-37(39,40)41)48-36(16-17-36)23-7-9-24(38)10-8-23/h4-12,14,19,26H,3,13,15-18,20H2,1-2H3,(H,42,51)(H,44,50)(H,52,53)(H2,43,45,46,47,48)/t26-/m0/s1. The van der Waals surface area contributed by atoms with Crippen molar-refractivity contribution in [3.63, 3.8) is 0 Å². The van der Waals surface area contributed by atoms with E-state index in [1.165, 1.54) is 38.5 Å². The number of halogens is 4. The predicted molar refractivity (Wildman–Crippen MR) is 196 cm³/mol. The van der Waals surface area contributed by atoms with Gasteiger partial charge in [-0.25, -0.2) is 4.79 Å². The van der Waals surface area contributed by atoms with E-state index in [9.17, 15) is 37.5 Å². The molecule has 0 aliphatic heterocycles. The molecule has 1 aromatic heterocycles. The Bertz CT molecular complexity index is 2050. The lowest BCUT2D eigenvalue weighted by molar-refractivity contribution is -0.154. The highest BCUT2D eigenvalue weighted by molar-refractivity contribution is 6.36. The highest BCUT2D eigenvalue weighted by Gasteiger charge is 2.45. The fourth-order valence-corrected chi connectivity index (χ4v) is 5.57. The third kappa shape index (κ3) is 11.4. The molecule has 3 aromatic carbocycles. The quantitative estimate of drug-likeness (QED) is 0.0774. The number of nitrogens with zero attached hydrogens (tertiary/aromatic N) is 3. The Hall–Kier alpha value is -6.17. The predicted octanol–water partition coefficient (Wildman–Crippen LogP) is 5.22. The number of amides is 2. The molecule has 5 rings (SSSR count). The Morgan fingerprint density at radius 2 is 1.59 bits per heavy atom. The van der Waals surface area contributed by atoms with Gasteiger partial charge in [0.2, 0.25) is 17.7 Å². The molecule has 56 heavy (non-hydrogen) atoms. The molecule has 0 saturated heterocycles. The van der Waals surface area contributed by atoms with Gasteiger partial charge in [-0.05, 0) is 85.3 Å². The molecular weight excluding hydrogens is 763 g/mol. The minimum Gasteiger partial charge on any atom is -0.493 e. The molecular formula is C37H37ClF3N7O8. The average Bonchev–Trinajstić information content (AvgIpc) is 3.95. The third-order valence-corrected chi connectivity index (χ3v) is 8.80. The van der Waals surface area contributed by atoms with E-state index in [2.05, 4.69) is 36.2 Å². The molecule has 0 unspecified atom stereocenters. The van der Waals surface area contributed by atoms with E-state index in [-0.39, 0.29) is 43.3 Å². The molecule has 0 spiro atoms. The maximum atomic E-state index is 12.9. The maximum absolute atomic E-state index is 12.9. The van der Waals surface area contributed by atoms with E-state index in [0.717, 1.165) is 11.1 Å². The summed E-state index contributed by atoms with van der Waals surface area (Å²) in [6.45, 7) is -1.84. The Labute approximate surface area is 323 Å². The van der Waals surface area contributed by atoms with Crippen LogP contribution in [0.2, 0.25) is 5.02 Å². The van der Waals surface area contributed by atoms with Crippen LogP contribution in [-0.4, -0.2) is 83.2 Å². The van der Waals surface area contributed by atoms with Crippen molar-refractivity contribution < 1.29 is 51.7 Å². The number of aromatic nitrogens is 3. The van der Waals surface area contributed by atoms with Gasteiger partial charge in [-0.1, -0.05) is 29.8 Å². The number of methoxy groups -OCH3 is 2. The largest absolute Gasteiger partial charge is 0.493 e. The van der Waals surface area contributed by atoms with Gasteiger partial charge in [0.25, 0.3) is 11.8 Å². The summed E-state index contributed by atoms with van der Waals surface area (Å²) in [5.41, 5.74) is 1.46. The summed E-state index contributed by atoms with van der Waals surface area (Å²) in [6, 6.07) is 15.9. The minimum absolute atomic E-state index is 0.0435. The highest BCUT2D eigenvalue weighted by Crippen LogP contribution is 2.48. The molecule has 2 amide bonds. The lowest BCUT2D eigenvalue weighted by atomic mass is 10.1. The van der Waals surface area contributed by atoms with E-state index in [4.69, 9.17) is 25.8 Å². The van der Waals surface area contributed by atoms with Gasteiger partial charge in [0.1, 0.15) is 6.04 Å². The second-order valence-corrected chi connectivity index (χ2v) is 13.0. The number of benzene rings is 3. The SMILES string of the molecule is COc1ccc(CCC(=O)C(=O)NCC[C@H](NC(=O)c2ccc(Nc3nc(NC4(c5ccc(Cl)cc5)CC4)nc(OCC(F)(F)F)n3)cc2)C(=O)O)cc1OC. The van der Waals surface area contributed by atoms with E-state index in [0.29, 0.717) is 35.1 Å². The average molecular weight is 800 g/mol. The van der Waals surface area contributed by atoms with Crippen molar-refractivity contribution in [2.24, 2.45) is 0 Å².